The SMILES string of the molecule is CC(O)(CNC(=O)Cc1ccc(I)cc1)C(=O)O. The Hall–Kier alpha value is -1.15. The van der Waals surface area contributed by atoms with Crippen molar-refractivity contribution in [3.63, 3.8) is 0 Å². The highest BCUT2D eigenvalue weighted by molar-refractivity contribution is 14.1. The van der Waals surface area contributed by atoms with Crippen LogP contribution in [0.3, 0.4) is 0 Å². The summed E-state index contributed by atoms with van der Waals surface area (Å²) >= 11 is 2.17. The van der Waals surface area contributed by atoms with Gasteiger partial charge in [0.25, 0.3) is 0 Å². The zero-order valence-electron chi connectivity index (χ0n) is 9.81. The Morgan fingerprint density at radius 3 is 2.39 bits per heavy atom. The standard InChI is InChI=1S/C12H14INO4/c1-12(18,11(16)17)7-14-10(15)6-8-2-4-9(13)5-3-8/h2-5,18H,6-7H2,1H3,(H,14,15)(H,16,17). The first-order valence-corrected chi connectivity index (χ1v) is 6.36. The van der Waals surface area contributed by atoms with Gasteiger partial charge in [-0.25, -0.2) is 4.79 Å². The summed E-state index contributed by atoms with van der Waals surface area (Å²) in [6, 6.07) is 7.43. The molecule has 0 radical (unpaired) electrons. The van der Waals surface area contributed by atoms with Gasteiger partial charge in [-0.2, -0.15) is 0 Å². The van der Waals surface area contributed by atoms with Gasteiger partial charge in [0, 0.05) is 3.57 Å². The van der Waals surface area contributed by atoms with Crippen LogP contribution < -0.4 is 5.32 Å². The first-order valence-electron chi connectivity index (χ1n) is 5.28. The van der Waals surface area contributed by atoms with E-state index in [1.54, 1.807) is 0 Å². The molecule has 0 aliphatic heterocycles. The van der Waals surface area contributed by atoms with E-state index in [0.29, 0.717) is 0 Å². The number of carbonyl (C=O) groups excluding carboxylic acids is 1. The summed E-state index contributed by atoms with van der Waals surface area (Å²) in [5.74, 6) is -1.69. The third-order valence-corrected chi connectivity index (χ3v) is 3.09. The predicted molar refractivity (Wildman–Crippen MR) is 74.1 cm³/mol. The molecule has 0 saturated heterocycles. The van der Waals surface area contributed by atoms with Crippen molar-refractivity contribution in [1.29, 1.82) is 0 Å². The van der Waals surface area contributed by atoms with Gasteiger partial charge in [-0.15, -0.1) is 0 Å². The fraction of sp³-hybridized carbons (Fsp3) is 0.333. The van der Waals surface area contributed by atoms with Crippen LogP contribution in [0.25, 0.3) is 0 Å². The highest BCUT2D eigenvalue weighted by Gasteiger charge is 2.30. The lowest BCUT2D eigenvalue weighted by atomic mass is 10.1. The maximum atomic E-state index is 11.5. The molecule has 98 valence electrons. The van der Waals surface area contributed by atoms with Crippen LogP contribution in [0, 0.1) is 3.57 Å². The molecular formula is C12H14INO4. The Kier molecular flexibility index (Phi) is 5.09. The summed E-state index contributed by atoms with van der Waals surface area (Å²) in [6.45, 7) is 0.825. The number of benzene rings is 1. The van der Waals surface area contributed by atoms with Crippen LogP contribution in [-0.2, 0) is 16.0 Å². The van der Waals surface area contributed by atoms with Gasteiger partial charge in [-0.3, -0.25) is 4.79 Å². The first-order chi connectivity index (χ1) is 8.31. The average molecular weight is 363 g/mol. The van der Waals surface area contributed by atoms with Gasteiger partial charge in [0.1, 0.15) is 0 Å². The van der Waals surface area contributed by atoms with Gasteiger partial charge >= 0.3 is 5.97 Å². The Morgan fingerprint density at radius 1 is 1.33 bits per heavy atom. The third-order valence-electron chi connectivity index (χ3n) is 2.37. The normalized spacial score (nSPS) is 13.7. The lowest BCUT2D eigenvalue weighted by Gasteiger charge is -2.18. The summed E-state index contributed by atoms with van der Waals surface area (Å²) in [7, 11) is 0. The van der Waals surface area contributed by atoms with Crippen molar-refractivity contribution in [3.05, 3.63) is 33.4 Å². The molecule has 5 nitrogen and oxygen atoms in total. The molecule has 0 bridgehead atoms. The van der Waals surface area contributed by atoms with Gasteiger partial charge < -0.3 is 15.5 Å². The van der Waals surface area contributed by atoms with Crippen LogP contribution >= 0.6 is 22.6 Å². The minimum Gasteiger partial charge on any atom is -0.479 e. The highest BCUT2D eigenvalue weighted by Crippen LogP contribution is 2.07. The van der Waals surface area contributed by atoms with Crippen LogP contribution in [0.15, 0.2) is 24.3 Å². The number of rotatable bonds is 5. The fourth-order valence-corrected chi connectivity index (χ4v) is 1.56. The van der Waals surface area contributed by atoms with E-state index in [0.717, 1.165) is 16.1 Å². The number of hydrogen-bond donors (Lipinski definition) is 3. The van der Waals surface area contributed by atoms with Crippen LogP contribution in [-0.4, -0.2) is 34.2 Å². The minimum atomic E-state index is -1.94. The van der Waals surface area contributed by atoms with Crippen LogP contribution in [0.5, 0.6) is 0 Å². The van der Waals surface area contributed by atoms with Crippen LogP contribution in [0.1, 0.15) is 12.5 Å². The second-order valence-corrected chi connectivity index (χ2v) is 5.40. The monoisotopic (exact) mass is 363 g/mol. The lowest BCUT2D eigenvalue weighted by Crippen LogP contribution is -2.46. The summed E-state index contributed by atoms with van der Waals surface area (Å²) in [4.78, 5) is 22.2. The summed E-state index contributed by atoms with van der Waals surface area (Å²) in [5, 5.41) is 20.5. The smallest absolute Gasteiger partial charge is 0.337 e. The summed E-state index contributed by atoms with van der Waals surface area (Å²) in [5.41, 5.74) is -1.11. The number of carboxylic acids is 1. The first kappa shape index (κ1) is 14.9. The zero-order chi connectivity index (χ0) is 13.8. The molecular weight excluding hydrogens is 349 g/mol. The molecule has 6 heteroatoms. The molecule has 1 aromatic carbocycles. The number of aliphatic carboxylic acids is 1. The Morgan fingerprint density at radius 2 is 1.89 bits per heavy atom. The molecule has 0 spiro atoms. The molecule has 1 amide bonds. The molecule has 0 aromatic heterocycles. The number of nitrogens with one attached hydrogen (secondary N) is 1. The van der Waals surface area contributed by atoms with Gasteiger partial charge in [0.2, 0.25) is 5.91 Å². The van der Waals surface area contributed by atoms with Crippen molar-refractivity contribution in [2.45, 2.75) is 18.9 Å². The van der Waals surface area contributed by atoms with E-state index >= 15 is 0 Å². The number of carboxylic acid groups (broad SMARTS) is 1. The molecule has 1 aromatic rings. The van der Waals surface area contributed by atoms with Gasteiger partial charge in [0.15, 0.2) is 5.60 Å². The largest absolute Gasteiger partial charge is 0.479 e. The van der Waals surface area contributed by atoms with E-state index in [2.05, 4.69) is 27.9 Å². The Balaban J connectivity index is 2.48. The summed E-state index contributed by atoms with van der Waals surface area (Å²) < 4.78 is 1.07. The van der Waals surface area contributed by atoms with E-state index in [9.17, 15) is 14.7 Å². The van der Waals surface area contributed by atoms with Crippen molar-refractivity contribution in [3.8, 4) is 0 Å². The van der Waals surface area contributed by atoms with Crippen molar-refractivity contribution in [2.24, 2.45) is 0 Å². The topological polar surface area (TPSA) is 86.6 Å². The molecule has 0 aliphatic rings. The van der Waals surface area contributed by atoms with Crippen molar-refractivity contribution < 1.29 is 19.8 Å². The second-order valence-electron chi connectivity index (χ2n) is 4.16. The maximum absolute atomic E-state index is 11.5. The van der Waals surface area contributed by atoms with E-state index in [1.165, 1.54) is 0 Å². The molecule has 18 heavy (non-hydrogen) atoms. The maximum Gasteiger partial charge on any atom is 0.337 e. The second kappa shape index (κ2) is 6.14. The number of aliphatic hydroxyl groups is 1. The minimum absolute atomic E-state index is 0.159. The van der Waals surface area contributed by atoms with Crippen LogP contribution in [0.2, 0.25) is 0 Å². The van der Waals surface area contributed by atoms with E-state index < -0.39 is 11.6 Å². The van der Waals surface area contributed by atoms with Crippen LogP contribution in [0.4, 0.5) is 0 Å². The fourth-order valence-electron chi connectivity index (χ4n) is 1.20. The number of carbonyl (C=O) groups is 2. The van der Waals surface area contributed by atoms with Crippen molar-refractivity contribution >= 4 is 34.5 Å². The van der Waals surface area contributed by atoms with Crippen molar-refractivity contribution in [1.82, 2.24) is 5.32 Å². The summed E-state index contributed by atoms with van der Waals surface area (Å²) in [6.07, 6.45) is 0.159. The Labute approximate surface area is 118 Å². The van der Waals surface area contributed by atoms with E-state index in [-0.39, 0.29) is 18.9 Å². The molecule has 0 saturated carbocycles. The predicted octanol–water partition coefficient (Wildman–Crippen LogP) is 0.785. The van der Waals surface area contributed by atoms with Gasteiger partial charge in [0.05, 0.1) is 13.0 Å². The molecule has 1 atom stereocenters. The highest BCUT2D eigenvalue weighted by atomic mass is 127. The van der Waals surface area contributed by atoms with E-state index in [4.69, 9.17) is 5.11 Å². The molecule has 3 N–H and O–H groups in total. The molecule has 0 aliphatic carbocycles. The molecule has 0 fully saturated rings. The average Bonchev–Trinajstić information content (AvgIpc) is 2.29. The van der Waals surface area contributed by atoms with E-state index in [1.807, 2.05) is 24.3 Å². The quantitative estimate of drug-likeness (QED) is 0.675. The van der Waals surface area contributed by atoms with Gasteiger partial charge in [-0.05, 0) is 47.2 Å². The number of hydrogen-bond acceptors (Lipinski definition) is 3. The zero-order valence-corrected chi connectivity index (χ0v) is 12.0. The number of halogens is 1. The van der Waals surface area contributed by atoms with Gasteiger partial charge in [-0.1, -0.05) is 12.1 Å². The third kappa shape index (κ3) is 4.61. The molecule has 0 heterocycles. The Bertz CT molecular complexity index is 442. The van der Waals surface area contributed by atoms with Crippen molar-refractivity contribution in [2.75, 3.05) is 6.54 Å². The number of amides is 1. The molecule has 1 rings (SSSR count). The lowest BCUT2D eigenvalue weighted by molar-refractivity contribution is -0.156. The molecule has 1 unspecified atom stereocenters.